The summed E-state index contributed by atoms with van der Waals surface area (Å²) < 4.78 is 5.82. The van der Waals surface area contributed by atoms with Crippen LogP contribution in [0.1, 0.15) is 16.8 Å². The van der Waals surface area contributed by atoms with E-state index < -0.39 is 0 Å². The van der Waals surface area contributed by atoms with Crippen molar-refractivity contribution in [3.05, 3.63) is 83.6 Å². The molecule has 1 aromatic heterocycles. The van der Waals surface area contributed by atoms with E-state index in [9.17, 15) is 5.26 Å². The van der Waals surface area contributed by atoms with Crippen molar-refractivity contribution in [2.24, 2.45) is 0 Å². The SMILES string of the molecule is Cc1ccc(-c2nc(C#N)c(NCc3cccc4ccccc34)o2)cc1. The lowest BCUT2D eigenvalue weighted by atomic mass is 10.0. The Morgan fingerprint density at radius 1 is 1.00 bits per heavy atom. The summed E-state index contributed by atoms with van der Waals surface area (Å²) in [6.45, 7) is 2.58. The van der Waals surface area contributed by atoms with Gasteiger partial charge in [-0.25, -0.2) is 0 Å². The number of anilines is 1. The van der Waals surface area contributed by atoms with Gasteiger partial charge in [-0.1, -0.05) is 60.2 Å². The molecule has 0 spiro atoms. The fourth-order valence-corrected chi connectivity index (χ4v) is 2.96. The Morgan fingerprint density at radius 3 is 2.58 bits per heavy atom. The number of aryl methyl sites for hydroxylation is 1. The molecule has 0 saturated carbocycles. The first-order chi connectivity index (χ1) is 12.7. The normalized spacial score (nSPS) is 10.6. The average Bonchev–Trinajstić information content (AvgIpc) is 3.10. The summed E-state index contributed by atoms with van der Waals surface area (Å²) in [5, 5.41) is 15.0. The summed E-state index contributed by atoms with van der Waals surface area (Å²) in [6.07, 6.45) is 0. The van der Waals surface area contributed by atoms with Crippen LogP contribution in [0.15, 0.2) is 71.1 Å². The zero-order chi connectivity index (χ0) is 17.9. The Labute approximate surface area is 151 Å². The third-order valence-corrected chi connectivity index (χ3v) is 4.35. The van der Waals surface area contributed by atoms with Gasteiger partial charge in [-0.15, -0.1) is 0 Å². The molecule has 1 heterocycles. The van der Waals surface area contributed by atoms with E-state index in [1.165, 1.54) is 10.8 Å². The Balaban J connectivity index is 1.62. The van der Waals surface area contributed by atoms with E-state index in [2.05, 4.69) is 40.6 Å². The molecule has 26 heavy (non-hydrogen) atoms. The van der Waals surface area contributed by atoms with Gasteiger partial charge < -0.3 is 9.73 Å². The number of hydrogen-bond acceptors (Lipinski definition) is 4. The van der Waals surface area contributed by atoms with Gasteiger partial charge in [-0.2, -0.15) is 10.2 Å². The van der Waals surface area contributed by atoms with Crippen molar-refractivity contribution in [3.8, 4) is 17.5 Å². The predicted molar refractivity (Wildman–Crippen MR) is 103 cm³/mol. The molecule has 4 aromatic rings. The third kappa shape index (κ3) is 3.03. The van der Waals surface area contributed by atoms with E-state index in [0.717, 1.165) is 16.7 Å². The van der Waals surface area contributed by atoms with Gasteiger partial charge in [0.25, 0.3) is 0 Å². The van der Waals surface area contributed by atoms with Gasteiger partial charge in [0, 0.05) is 12.1 Å². The van der Waals surface area contributed by atoms with Gasteiger partial charge in [-0.05, 0) is 35.4 Å². The highest BCUT2D eigenvalue weighted by Gasteiger charge is 2.14. The second-order valence-electron chi connectivity index (χ2n) is 6.17. The molecule has 4 rings (SSSR count). The lowest BCUT2D eigenvalue weighted by molar-refractivity contribution is 0.585. The quantitative estimate of drug-likeness (QED) is 0.549. The largest absolute Gasteiger partial charge is 0.419 e. The number of nitrogens with zero attached hydrogens (tertiary/aromatic N) is 2. The van der Waals surface area contributed by atoms with Crippen molar-refractivity contribution in [1.29, 1.82) is 5.26 Å². The van der Waals surface area contributed by atoms with Crippen LogP contribution >= 0.6 is 0 Å². The summed E-state index contributed by atoms with van der Waals surface area (Å²) >= 11 is 0. The van der Waals surface area contributed by atoms with Crippen LogP contribution in [0.5, 0.6) is 0 Å². The number of rotatable bonds is 4. The minimum Gasteiger partial charge on any atom is -0.419 e. The van der Waals surface area contributed by atoms with Gasteiger partial charge in [0.2, 0.25) is 17.5 Å². The van der Waals surface area contributed by atoms with Crippen LogP contribution in [-0.2, 0) is 6.54 Å². The molecular weight excluding hydrogens is 322 g/mol. The Morgan fingerprint density at radius 2 is 1.77 bits per heavy atom. The van der Waals surface area contributed by atoms with Crippen molar-refractivity contribution in [1.82, 2.24) is 4.98 Å². The fraction of sp³-hybridized carbons (Fsp3) is 0.0909. The van der Waals surface area contributed by atoms with Crippen LogP contribution in [0.3, 0.4) is 0 Å². The highest BCUT2D eigenvalue weighted by atomic mass is 16.4. The zero-order valence-corrected chi connectivity index (χ0v) is 14.4. The molecule has 0 aliphatic rings. The minimum atomic E-state index is 0.265. The number of aromatic nitrogens is 1. The second kappa shape index (κ2) is 6.73. The molecule has 0 bridgehead atoms. The van der Waals surface area contributed by atoms with Crippen molar-refractivity contribution >= 4 is 16.7 Å². The second-order valence-corrected chi connectivity index (χ2v) is 6.17. The Bertz CT molecular complexity index is 1100. The standard InChI is InChI=1S/C22H17N3O/c1-15-9-11-17(12-10-15)21-25-20(13-23)22(26-21)24-14-18-7-4-6-16-5-2-3-8-19(16)18/h2-12,24H,14H2,1H3. The minimum absolute atomic E-state index is 0.265. The van der Waals surface area contributed by atoms with E-state index in [0.29, 0.717) is 18.3 Å². The van der Waals surface area contributed by atoms with Gasteiger partial charge >= 0.3 is 0 Å². The molecule has 3 aromatic carbocycles. The Hall–Kier alpha value is -3.58. The number of nitriles is 1. The van der Waals surface area contributed by atoms with E-state index in [1.807, 2.05) is 49.4 Å². The molecule has 0 unspecified atom stereocenters. The maximum atomic E-state index is 9.38. The monoisotopic (exact) mass is 339 g/mol. The summed E-state index contributed by atoms with van der Waals surface area (Å²) in [4.78, 5) is 4.31. The summed E-state index contributed by atoms with van der Waals surface area (Å²) in [7, 11) is 0. The lowest BCUT2D eigenvalue weighted by Crippen LogP contribution is -2.00. The van der Waals surface area contributed by atoms with Crippen molar-refractivity contribution in [3.63, 3.8) is 0 Å². The van der Waals surface area contributed by atoms with Crippen LogP contribution in [0.4, 0.5) is 5.88 Å². The molecule has 0 aliphatic heterocycles. The van der Waals surface area contributed by atoms with Gasteiger partial charge in [0.15, 0.2) is 0 Å². The summed E-state index contributed by atoms with van der Waals surface area (Å²) in [6, 6.07) is 24.4. The van der Waals surface area contributed by atoms with Gasteiger partial charge in [0.1, 0.15) is 6.07 Å². The smallest absolute Gasteiger partial charge is 0.232 e. The zero-order valence-electron chi connectivity index (χ0n) is 14.4. The average molecular weight is 339 g/mol. The van der Waals surface area contributed by atoms with E-state index in [1.54, 1.807) is 0 Å². The topological polar surface area (TPSA) is 61.9 Å². The maximum absolute atomic E-state index is 9.38. The molecule has 0 fully saturated rings. The van der Waals surface area contributed by atoms with Crippen LogP contribution in [0, 0.1) is 18.3 Å². The summed E-state index contributed by atoms with van der Waals surface area (Å²) in [5.41, 5.74) is 3.42. The van der Waals surface area contributed by atoms with Crippen LogP contribution in [0.2, 0.25) is 0 Å². The molecule has 0 atom stereocenters. The maximum Gasteiger partial charge on any atom is 0.232 e. The highest BCUT2D eigenvalue weighted by Crippen LogP contribution is 2.27. The van der Waals surface area contributed by atoms with E-state index >= 15 is 0 Å². The molecule has 126 valence electrons. The predicted octanol–water partition coefficient (Wildman–Crippen LogP) is 5.29. The fourth-order valence-electron chi connectivity index (χ4n) is 2.96. The van der Waals surface area contributed by atoms with Gasteiger partial charge in [-0.3, -0.25) is 0 Å². The molecule has 4 nitrogen and oxygen atoms in total. The number of nitrogens with one attached hydrogen (secondary N) is 1. The van der Waals surface area contributed by atoms with Crippen LogP contribution in [0.25, 0.3) is 22.2 Å². The van der Waals surface area contributed by atoms with E-state index in [-0.39, 0.29) is 5.69 Å². The first kappa shape index (κ1) is 15.9. The summed E-state index contributed by atoms with van der Waals surface area (Å²) in [5.74, 6) is 0.845. The van der Waals surface area contributed by atoms with Crippen LogP contribution in [-0.4, -0.2) is 4.98 Å². The third-order valence-electron chi connectivity index (χ3n) is 4.35. The number of benzene rings is 3. The first-order valence-corrected chi connectivity index (χ1v) is 8.43. The van der Waals surface area contributed by atoms with E-state index in [4.69, 9.17) is 4.42 Å². The van der Waals surface area contributed by atoms with Crippen molar-refractivity contribution < 1.29 is 4.42 Å². The first-order valence-electron chi connectivity index (χ1n) is 8.43. The molecular formula is C22H17N3O. The molecule has 0 aliphatic carbocycles. The van der Waals surface area contributed by atoms with Crippen molar-refractivity contribution in [2.45, 2.75) is 13.5 Å². The molecule has 0 saturated heterocycles. The lowest BCUT2D eigenvalue weighted by Gasteiger charge is -2.07. The number of fused-ring (bicyclic) bond motifs is 1. The molecule has 4 heteroatoms. The van der Waals surface area contributed by atoms with Crippen molar-refractivity contribution in [2.75, 3.05) is 5.32 Å². The molecule has 0 amide bonds. The Kier molecular flexibility index (Phi) is 4.12. The molecule has 1 N–H and O–H groups in total. The molecule has 0 radical (unpaired) electrons. The number of hydrogen-bond donors (Lipinski definition) is 1. The highest BCUT2D eigenvalue weighted by molar-refractivity contribution is 5.85. The van der Waals surface area contributed by atoms with Crippen LogP contribution < -0.4 is 5.32 Å². The number of oxazole rings is 1. The van der Waals surface area contributed by atoms with Gasteiger partial charge in [0.05, 0.1) is 0 Å².